The molecule has 16 heavy (non-hydrogen) atoms. The SMILES string of the molecule is C=C/C(C)=C/C[C@H](O)C(=C)CCC=C(C)C. The van der Waals surface area contributed by atoms with Crippen LogP contribution in [0.1, 0.15) is 40.0 Å². The predicted octanol–water partition coefficient (Wildman–Crippen LogP) is 4.17. The zero-order chi connectivity index (χ0) is 12.6. The van der Waals surface area contributed by atoms with Crippen molar-refractivity contribution in [2.45, 2.75) is 46.1 Å². The third-order valence-corrected chi connectivity index (χ3v) is 2.47. The van der Waals surface area contributed by atoms with Crippen LogP contribution in [0.3, 0.4) is 0 Å². The molecule has 0 aromatic carbocycles. The van der Waals surface area contributed by atoms with E-state index in [9.17, 15) is 5.11 Å². The molecule has 1 atom stereocenters. The smallest absolute Gasteiger partial charge is 0.0782 e. The van der Waals surface area contributed by atoms with Gasteiger partial charge in [-0.25, -0.2) is 0 Å². The molecule has 0 amide bonds. The molecule has 0 heterocycles. The van der Waals surface area contributed by atoms with Crippen molar-refractivity contribution < 1.29 is 5.11 Å². The molecule has 0 aliphatic rings. The van der Waals surface area contributed by atoms with Crippen LogP contribution in [0.15, 0.2) is 48.1 Å². The van der Waals surface area contributed by atoms with Crippen molar-refractivity contribution in [1.82, 2.24) is 0 Å². The molecule has 0 fully saturated rings. The van der Waals surface area contributed by atoms with Crippen LogP contribution in [-0.2, 0) is 0 Å². The van der Waals surface area contributed by atoms with Gasteiger partial charge in [0.05, 0.1) is 6.10 Å². The van der Waals surface area contributed by atoms with Crippen molar-refractivity contribution in [3.05, 3.63) is 48.1 Å². The summed E-state index contributed by atoms with van der Waals surface area (Å²) in [6, 6.07) is 0. The van der Waals surface area contributed by atoms with Gasteiger partial charge in [0.1, 0.15) is 0 Å². The minimum absolute atomic E-state index is 0.430. The molecule has 0 rings (SSSR count). The monoisotopic (exact) mass is 220 g/mol. The fraction of sp³-hybridized carbons (Fsp3) is 0.467. The van der Waals surface area contributed by atoms with Crippen LogP contribution in [0, 0.1) is 0 Å². The third-order valence-electron chi connectivity index (χ3n) is 2.47. The number of hydrogen-bond donors (Lipinski definition) is 1. The van der Waals surface area contributed by atoms with E-state index in [1.165, 1.54) is 5.57 Å². The van der Waals surface area contributed by atoms with E-state index >= 15 is 0 Å². The highest BCUT2D eigenvalue weighted by Crippen LogP contribution is 2.13. The van der Waals surface area contributed by atoms with Gasteiger partial charge >= 0.3 is 0 Å². The summed E-state index contributed by atoms with van der Waals surface area (Å²) in [4.78, 5) is 0. The molecule has 90 valence electrons. The molecule has 1 heteroatoms. The molecule has 0 saturated heterocycles. The van der Waals surface area contributed by atoms with Gasteiger partial charge in [-0.15, -0.1) is 0 Å². The first-order valence-electron chi connectivity index (χ1n) is 5.75. The lowest BCUT2D eigenvalue weighted by Gasteiger charge is -2.11. The molecule has 0 aromatic heterocycles. The van der Waals surface area contributed by atoms with Crippen LogP contribution in [0.5, 0.6) is 0 Å². The van der Waals surface area contributed by atoms with Gasteiger partial charge in [0, 0.05) is 0 Å². The van der Waals surface area contributed by atoms with Gasteiger partial charge in [0.25, 0.3) is 0 Å². The summed E-state index contributed by atoms with van der Waals surface area (Å²) in [7, 11) is 0. The highest BCUT2D eigenvalue weighted by molar-refractivity contribution is 5.15. The molecule has 1 N–H and O–H groups in total. The number of rotatable bonds is 7. The molecule has 0 bridgehead atoms. The van der Waals surface area contributed by atoms with Crippen molar-refractivity contribution >= 4 is 0 Å². The topological polar surface area (TPSA) is 20.2 Å². The number of aliphatic hydroxyl groups excluding tert-OH is 1. The minimum Gasteiger partial charge on any atom is -0.388 e. The van der Waals surface area contributed by atoms with Gasteiger partial charge in [-0.1, -0.05) is 42.5 Å². The van der Waals surface area contributed by atoms with E-state index in [2.05, 4.69) is 33.1 Å². The molecule has 0 radical (unpaired) electrons. The molecular weight excluding hydrogens is 196 g/mol. The Morgan fingerprint density at radius 3 is 2.38 bits per heavy atom. The lowest BCUT2D eigenvalue weighted by Crippen LogP contribution is -2.08. The standard InChI is InChI=1S/C15H24O/c1-6-13(4)10-11-15(16)14(5)9-7-8-12(2)3/h6,8,10,15-16H,1,5,7,9,11H2,2-4H3/b13-10+/t15-/m0/s1. The largest absolute Gasteiger partial charge is 0.388 e. The van der Waals surface area contributed by atoms with E-state index in [4.69, 9.17) is 0 Å². The molecular formula is C15H24O. The van der Waals surface area contributed by atoms with Gasteiger partial charge in [0.15, 0.2) is 0 Å². The molecule has 0 saturated carbocycles. The summed E-state index contributed by atoms with van der Waals surface area (Å²) in [5.74, 6) is 0. The van der Waals surface area contributed by atoms with Gasteiger partial charge in [-0.05, 0) is 45.6 Å². The molecule has 0 aromatic rings. The first kappa shape index (κ1) is 14.9. The van der Waals surface area contributed by atoms with Crippen LogP contribution in [0.4, 0.5) is 0 Å². The maximum absolute atomic E-state index is 9.83. The lowest BCUT2D eigenvalue weighted by atomic mass is 10.0. The fourth-order valence-corrected chi connectivity index (χ4v) is 1.26. The summed E-state index contributed by atoms with van der Waals surface area (Å²) in [6.45, 7) is 13.7. The van der Waals surface area contributed by atoms with Gasteiger partial charge in [0.2, 0.25) is 0 Å². The average molecular weight is 220 g/mol. The maximum atomic E-state index is 9.83. The van der Waals surface area contributed by atoms with Crippen molar-refractivity contribution in [1.29, 1.82) is 0 Å². The minimum atomic E-state index is -0.430. The quantitative estimate of drug-likeness (QED) is 0.504. The molecule has 0 aliphatic heterocycles. The molecule has 1 nitrogen and oxygen atoms in total. The van der Waals surface area contributed by atoms with E-state index in [1.54, 1.807) is 6.08 Å². The number of hydrogen-bond acceptors (Lipinski definition) is 1. The van der Waals surface area contributed by atoms with Crippen LogP contribution in [-0.4, -0.2) is 11.2 Å². The Bertz CT molecular complexity index is 291. The van der Waals surface area contributed by atoms with Gasteiger partial charge < -0.3 is 5.11 Å². The lowest BCUT2D eigenvalue weighted by molar-refractivity contribution is 0.210. The Morgan fingerprint density at radius 1 is 1.25 bits per heavy atom. The van der Waals surface area contributed by atoms with Gasteiger partial charge in [-0.2, -0.15) is 0 Å². The third kappa shape index (κ3) is 7.24. The van der Waals surface area contributed by atoms with Crippen molar-refractivity contribution in [2.24, 2.45) is 0 Å². The first-order chi connectivity index (χ1) is 7.47. The Labute approximate surface area is 99.9 Å². The Balaban J connectivity index is 4.00. The van der Waals surface area contributed by atoms with Crippen molar-refractivity contribution in [2.75, 3.05) is 0 Å². The average Bonchev–Trinajstić information content (AvgIpc) is 2.24. The fourth-order valence-electron chi connectivity index (χ4n) is 1.26. The Kier molecular flexibility index (Phi) is 7.57. The highest BCUT2D eigenvalue weighted by atomic mass is 16.3. The van der Waals surface area contributed by atoms with Crippen molar-refractivity contribution in [3.8, 4) is 0 Å². The summed E-state index contributed by atoms with van der Waals surface area (Å²) >= 11 is 0. The van der Waals surface area contributed by atoms with E-state index in [1.807, 2.05) is 13.0 Å². The second kappa shape index (κ2) is 8.12. The molecule has 0 unspecified atom stereocenters. The Morgan fingerprint density at radius 2 is 1.88 bits per heavy atom. The predicted molar refractivity (Wildman–Crippen MR) is 72.4 cm³/mol. The van der Waals surface area contributed by atoms with Crippen LogP contribution in [0.25, 0.3) is 0 Å². The van der Waals surface area contributed by atoms with E-state index in [0.29, 0.717) is 6.42 Å². The summed E-state index contributed by atoms with van der Waals surface area (Å²) in [6.07, 6.45) is 7.97. The highest BCUT2D eigenvalue weighted by Gasteiger charge is 2.05. The summed E-state index contributed by atoms with van der Waals surface area (Å²) < 4.78 is 0. The molecule has 0 spiro atoms. The van der Waals surface area contributed by atoms with Crippen molar-refractivity contribution in [3.63, 3.8) is 0 Å². The van der Waals surface area contributed by atoms with Crippen LogP contribution in [0.2, 0.25) is 0 Å². The number of allylic oxidation sites excluding steroid dienone is 4. The van der Waals surface area contributed by atoms with E-state index < -0.39 is 6.10 Å². The van der Waals surface area contributed by atoms with Gasteiger partial charge in [-0.3, -0.25) is 0 Å². The van der Waals surface area contributed by atoms with E-state index in [-0.39, 0.29) is 0 Å². The first-order valence-corrected chi connectivity index (χ1v) is 5.75. The van der Waals surface area contributed by atoms with Crippen LogP contribution < -0.4 is 0 Å². The second-order valence-electron chi connectivity index (χ2n) is 4.38. The zero-order valence-corrected chi connectivity index (χ0v) is 10.8. The van der Waals surface area contributed by atoms with Crippen LogP contribution >= 0.6 is 0 Å². The zero-order valence-electron chi connectivity index (χ0n) is 10.8. The second-order valence-corrected chi connectivity index (χ2v) is 4.38. The Hall–Kier alpha value is -1.08. The maximum Gasteiger partial charge on any atom is 0.0782 e. The molecule has 0 aliphatic carbocycles. The summed E-state index contributed by atoms with van der Waals surface area (Å²) in [5, 5.41) is 9.83. The normalized spacial score (nSPS) is 13.1. The van der Waals surface area contributed by atoms with E-state index in [0.717, 1.165) is 24.0 Å². The summed E-state index contributed by atoms with van der Waals surface area (Å²) in [5.41, 5.74) is 3.31. The number of aliphatic hydroxyl groups is 1.